The van der Waals surface area contributed by atoms with Gasteiger partial charge in [-0.25, -0.2) is 0 Å². The van der Waals surface area contributed by atoms with Gasteiger partial charge in [-0.15, -0.1) is 0 Å². The van der Waals surface area contributed by atoms with Gasteiger partial charge in [-0.1, -0.05) is 6.07 Å². The van der Waals surface area contributed by atoms with Crippen LogP contribution in [0.4, 0.5) is 0 Å². The lowest BCUT2D eigenvalue weighted by atomic mass is 9.90. The van der Waals surface area contributed by atoms with Crippen LogP contribution in [0.1, 0.15) is 33.3 Å². The van der Waals surface area contributed by atoms with Gasteiger partial charge in [0.15, 0.2) is 11.5 Å². The van der Waals surface area contributed by atoms with E-state index in [1.165, 1.54) is 0 Å². The van der Waals surface area contributed by atoms with Gasteiger partial charge >= 0.3 is 0 Å². The van der Waals surface area contributed by atoms with Gasteiger partial charge in [-0.3, -0.25) is 9.59 Å². The van der Waals surface area contributed by atoms with Gasteiger partial charge in [0.1, 0.15) is 5.41 Å². The number of hydrogen-bond donors (Lipinski definition) is 2. The number of hydrogen-bond acceptors (Lipinski definition) is 4. The second-order valence-corrected chi connectivity index (χ2v) is 6.12. The molecule has 1 heterocycles. The first-order chi connectivity index (χ1) is 10.3. The number of ether oxygens (including phenoxy) is 2. The second kappa shape index (κ2) is 6.25. The van der Waals surface area contributed by atoms with Crippen LogP contribution in [0.25, 0.3) is 0 Å². The summed E-state index contributed by atoms with van der Waals surface area (Å²) in [5.41, 5.74) is -0.238. The van der Waals surface area contributed by atoms with Gasteiger partial charge in [-0.05, 0) is 45.4 Å². The van der Waals surface area contributed by atoms with E-state index in [1.807, 2.05) is 26.0 Å². The predicted octanol–water partition coefficient (Wildman–Crippen LogP) is 1.58. The summed E-state index contributed by atoms with van der Waals surface area (Å²) >= 11 is 0. The molecule has 0 atom stereocenters. The Morgan fingerprint density at radius 1 is 1.18 bits per heavy atom. The van der Waals surface area contributed by atoms with Crippen LogP contribution < -0.4 is 20.1 Å². The highest BCUT2D eigenvalue weighted by molar-refractivity contribution is 6.04. The predicted molar refractivity (Wildman–Crippen MR) is 81.5 cm³/mol. The molecule has 1 aliphatic heterocycles. The Morgan fingerprint density at radius 3 is 2.55 bits per heavy atom. The lowest BCUT2D eigenvalue weighted by Crippen LogP contribution is -2.49. The molecule has 1 aromatic rings. The van der Waals surface area contributed by atoms with E-state index in [0.29, 0.717) is 18.0 Å². The number of carbonyl (C=O) groups excluding carboxylic acids is 2. The van der Waals surface area contributed by atoms with Crippen LogP contribution in [0.2, 0.25) is 0 Å². The van der Waals surface area contributed by atoms with Crippen LogP contribution in [0.5, 0.6) is 11.5 Å². The van der Waals surface area contributed by atoms with E-state index in [-0.39, 0.29) is 24.6 Å². The van der Waals surface area contributed by atoms with E-state index < -0.39 is 5.41 Å². The molecule has 0 aromatic heterocycles. The molecule has 2 rings (SSSR count). The van der Waals surface area contributed by atoms with Crippen molar-refractivity contribution in [2.75, 3.05) is 6.79 Å². The maximum Gasteiger partial charge on any atom is 0.235 e. The van der Waals surface area contributed by atoms with Crippen LogP contribution in [0.3, 0.4) is 0 Å². The molecule has 120 valence electrons. The molecule has 0 radical (unpaired) electrons. The highest BCUT2D eigenvalue weighted by Crippen LogP contribution is 2.32. The maximum absolute atomic E-state index is 12.3. The molecule has 0 spiro atoms. The monoisotopic (exact) mass is 306 g/mol. The van der Waals surface area contributed by atoms with Gasteiger partial charge < -0.3 is 20.1 Å². The zero-order valence-electron chi connectivity index (χ0n) is 13.4. The average molecular weight is 306 g/mol. The van der Waals surface area contributed by atoms with Gasteiger partial charge in [0, 0.05) is 12.6 Å². The molecule has 1 aromatic carbocycles. The van der Waals surface area contributed by atoms with Crippen LogP contribution in [-0.4, -0.2) is 24.6 Å². The Bertz CT molecular complexity index is 582. The number of carbonyl (C=O) groups is 2. The van der Waals surface area contributed by atoms with Gasteiger partial charge in [0.25, 0.3) is 0 Å². The zero-order chi connectivity index (χ0) is 16.3. The molecule has 0 fully saturated rings. The molecule has 0 bridgehead atoms. The second-order valence-electron chi connectivity index (χ2n) is 6.12. The first-order valence-electron chi connectivity index (χ1n) is 7.28. The van der Waals surface area contributed by atoms with Crippen molar-refractivity contribution in [1.29, 1.82) is 0 Å². The molecular weight excluding hydrogens is 284 g/mol. The van der Waals surface area contributed by atoms with Crippen LogP contribution in [0.15, 0.2) is 18.2 Å². The summed E-state index contributed by atoms with van der Waals surface area (Å²) in [5.74, 6) is 0.768. The molecule has 1 aliphatic rings. The third kappa shape index (κ3) is 3.50. The Morgan fingerprint density at radius 2 is 1.86 bits per heavy atom. The van der Waals surface area contributed by atoms with E-state index in [9.17, 15) is 9.59 Å². The Labute approximate surface area is 130 Å². The SMILES string of the molecule is CC(C)NC(=O)C(C)(C)C(=O)NCc1ccc2c(c1)OCO2. The third-order valence-corrected chi connectivity index (χ3v) is 3.45. The summed E-state index contributed by atoms with van der Waals surface area (Å²) in [6, 6.07) is 5.48. The van der Waals surface area contributed by atoms with Crippen molar-refractivity contribution in [3.05, 3.63) is 23.8 Å². The number of rotatable bonds is 5. The quantitative estimate of drug-likeness (QED) is 0.810. The van der Waals surface area contributed by atoms with Crippen LogP contribution >= 0.6 is 0 Å². The first kappa shape index (κ1) is 16.1. The highest BCUT2D eigenvalue weighted by atomic mass is 16.7. The fourth-order valence-electron chi connectivity index (χ4n) is 2.00. The largest absolute Gasteiger partial charge is 0.454 e. The van der Waals surface area contributed by atoms with Crippen molar-refractivity contribution in [2.45, 2.75) is 40.3 Å². The molecule has 0 aliphatic carbocycles. The standard InChI is InChI=1S/C16H22N2O4/c1-10(2)18-15(20)16(3,4)14(19)17-8-11-5-6-12-13(7-11)22-9-21-12/h5-7,10H,8-9H2,1-4H3,(H,17,19)(H,18,20). The maximum atomic E-state index is 12.3. The third-order valence-electron chi connectivity index (χ3n) is 3.45. The molecule has 0 unspecified atom stereocenters. The molecule has 0 saturated carbocycles. The number of benzene rings is 1. The lowest BCUT2D eigenvalue weighted by Gasteiger charge is -2.24. The average Bonchev–Trinajstić information content (AvgIpc) is 2.91. The smallest absolute Gasteiger partial charge is 0.235 e. The van der Waals surface area contributed by atoms with E-state index in [1.54, 1.807) is 19.9 Å². The summed E-state index contributed by atoms with van der Waals surface area (Å²) in [7, 11) is 0. The summed E-state index contributed by atoms with van der Waals surface area (Å²) in [4.78, 5) is 24.3. The van der Waals surface area contributed by atoms with Crippen molar-refractivity contribution in [2.24, 2.45) is 5.41 Å². The van der Waals surface area contributed by atoms with Crippen molar-refractivity contribution in [3.8, 4) is 11.5 Å². The summed E-state index contributed by atoms with van der Waals surface area (Å²) in [6.45, 7) is 7.48. The van der Waals surface area contributed by atoms with Gasteiger partial charge in [-0.2, -0.15) is 0 Å². The summed E-state index contributed by atoms with van der Waals surface area (Å²) in [5, 5.41) is 5.55. The molecule has 2 amide bonds. The Hall–Kier alpha value is -2.24. The molecule has 6 nitrogen and oxygen atoms in total. The number of fused-ring (bicyclic) bond motifs is 1. The minimum Gasteiger partial charge on any atom is -0.454 e. The Kier molecular flexibility index (Phi) is 4.59. The Balaban J connectivity index is 1.95. The van der Waals surface area contributed by atoms with Crippen molar-refractivity contribution in [3.63, 3.8) is 0 Å². The summed E-state index contributed by atoms with van der Waals surface area (Å²) < 4.78 is 10.5. The molecular formula is C16H22N2O4. The van der Waals surface area contributed by atoms with Crippen molar-refractivity contribution in [1.82, 2.24) is 10.6 Å². The van der Waals surface area contributed by atoms with Gasteiger partial charge in [0.2, 0.25) is 18.6 Å². The molecule has 2 N–H and O–H groups in total. The van der Waals surface area contributed by atoms with Crippen LogP contribution in [-0.2, 0) is 16.1 Å². The molecule has 6 heteroatoms. The molecule has 0 saturated heterocycles. The van der Waals surface area contributed by atoms with Gasteiger partial charge in [0.05, 0.1) is 0 Å². The van der Waals surface area contributed by atoms with E-state index in [4.69, 9.17) is 9.47 Å². The van der Waals surface area contributed by atoms with E-state index in [0.717, 1.165) is 5.56 Å². The first-order valence-corrected chi connectivity index (χ1v) is 7.28. The number of amides is 2. The zero-order valence-corrected chi connectivity index (χ0v) is 13.4. The molecule has 22 heavy (non-hydrogen) atoms. The minimum atomic E-state index is -1.12. The van der Waals surface area contributed by atoms with Crippen molar-refractivity contribution >= 4 is 11.8 Å². The normalized spacial score (nSPS) is 13.1. The fourth-order valence-corrected chi connectivity index (χ4v) is 2.00. The summed E-state index contributed by atoms with van der Waals surface area (Å²) in [6.07, 6.45) is 0. The van der Waals surface area contributed by atoms with E-state index >= 15 is 0 Å². The lowest BCUT2D eigenvalue weighted by molar-refractivity contribution is -0.141. The highest BCUT2D eigenvalue weighted by Gasteiger charge is 2.36. The van der Waals surface area contributed by atoms with E-state index in [2.05, 4.69) is 10.6 Å². The number of nitrogens with one attached hydrogen (secondary N) is 2. The van der Waals surface area contributed by atoms with Crippen molar-refractivity contribution < 1.29 is 19.1 Å². The minimum absolute atomic E-state index is 0.00608. The fraction of sp³-hybridized carbons (Fsp3) is 0.500. The topological polar surface area (TPSA) is 76.7 Å². The van der Waals surface area contributed by atoms with Crippen LogP contribution in [0, 0.1) is 5.41 Å².